The molecule has 2 heteroatoms. The van der Waals surface area contributed by atoms with E-state index in [1.54, 1.807) is 0 Å². The molecule has 0 aliphatic rings. The summed E-state index contributed by atoms with van der Waals surface area (Å²) in [5.74, 6) is 0.971. The van der Waals surface area contributed by atoms with Gasteiger partial charge in [-0.3, -0.25) is 0 Å². The highest BCUT2D eigenvalue weighted by Crippen LogP contribution is 2.28. The summed E-state index contributed by atoms with van der Waals surface area (Å²) in [5, 5.41) is 6.00. The highest BCUT2D eigenvalue weighted by atomic mass is 16.5. The van der Waals surface area contributed by atoms with Crippen molar-refractivity contribution in [2.45, 2.75) is 32.9 Å². The minimum absolute atomic E-state index is 0.454. The molecule has 2 nitrogen and oxygen atoms in total. The predicted molar refractivity (Wildman–Crippen MR) is 86.2 cm³/mol. The number of rotatable bonds is 7. The third-order valence-corrected chi connectivity index (χ3v) is 3.26. The second kappa shape index (κ2) is 7.11. The first-order valence-corrected chi connectivity index (χ1v) is 7.20. The topological polar surface area (TPSA) is 21.3 Å². The van der Waals surface area contributed by atoms with Gasteiger partial charge in [0, 0.05) is 18.2 Å². The van der Waals surface area contributed by atoms with Crippen molar-refractivity contribution in [2.24, 2.45) is 0 Å². The van der Waals surface area contributed by atoms with Gasteiger partial charge in [-0.25, -0.2) is 0 Å². The van der Waals surface area contributed by atoms with Crippen LogP contribution in [-0.4, -0.2) is 12.6 Å². The average Bonchev–Trinajstić information content (AvgIpc) is 2.45. The molecular weight excluding hydrogens is 246 g/mol. The van der Waals surface area contributed by atoms with E-state index in [2.05, 4.69) is 62.1 Å². The van der Waals surface area contributed by atoms with Gasteiger partial charge in [0.1, 0.15) is 5.75 Å². The smallest absolute Gasteiger partial charge is 0.124 e. The van der Waals surface area contributed by atoms with Gasteiger partial charge >= 0.3 is 0 Å². The van der Waals surface area contributed by atoms with Gasteiger partial charge in [0.05, 0.1) is 6.61 Å². The zero-order valence-electron chi connectivity index (χ0n) is 12.4. The van der Waals surface area contributed by atoms with Crippen LogP contribution in [-0.2, 0) is 6.54 Å². The minimum Gasteiger partial charge on any atom is -0.493 e. The summed E-state index contributed by atoms with van der Waals surface area (Å²) in [6.45, 7) is 9.54. The van der Waals surface area contributed by atoms with Crippen LogP contribution in [0.4, 0.5) is 0 Å². The Morgan fingerprint density at radius 3 is 2.75 bits per heavy atom. The molecule has 0 aliphatic heterocycles. The van der Waals surface area contributed by atoms with E-state index in [9.17, 15) is 0 Å². The van der Waals surface area contributed by atoms with Crippen LogP contribution in [0.15, 0.2) is 49.1 Å². The molecule has 2 aromatic carbocycles. The molecule has 0 saturated heterocycles. The van der Waals surface area contributed by atoms with Crippen LogP contribution < -0.4 is 10.1 Å². The van der Waals surface area contributed by atoms with Crippen LogP contribution in [0.5, 0.6) is 5.75 Å². The van der Waals surface area contributed by atoms with Crippen LogP contribution in [0.1, 0.15) is 25.8 Å². The lowest BCUT2D eigenvalue weighted by atomic mass is 10.0. The van der Waals surface area contributed by atoms with E-state index in [1.165, 1.54) is 16.3 Å². The van der Waals surface area contributed by atoms with Gasteiger partial charge < -0.3 is 10.1 Å². The standard InChI is InChI=1S/C18H23NO/c1-4-5-12-20-18-11-10-15-8-6-7-9-16(15)17(18)13-19-14(2)3/h4,6-11,14,19H,1,5,12-13H2,2-3H3. The lowest BCUT2D eigenvalue weighted by Crippen LogP contribution is -2.22. The number of hydrogen-bond donors (Lipinski definition) is 1. The molecule has 20 heavy (non-hydrogen) atoms. The molecule has 106 valence electrons. The highest BCUT2D eigenvalue weighted by Gasteiger charge is 2.09. The number of fused-ring (bicyclic) bond motifs is 1. The lowest BCUT2D eigenvalue weighted by molar-refractivity contribution is 0.321. The molecule has 0 spiro atoms. The Bertz CT molecular complexity index is 575. The van der Waals surface area contributed by atoms with Crippen molar-refractivity contribution in [3.63, 3.8) is 0 Å². The van der Waals surface area contributed by atoms with Crippen LogP contribution in [0.25, 0.3) is 10.8 Å². The third kappa shape index (κ3) is 3.61. The Labute approximate surface area is 121 Å². The molecule has 0 aromatic heterocycles. The summed E-state index contributed by atoms with van der Waals surface area (Å²) in [6.07, 6.45) is 2.75. The van der Waals surface area contributed by atoms with Gasteiger partial charge in [0.15, 0.2) is 0 Å². The van der Waals surface area contributed by atoms with E-state index in [0.29, 0.717) is 12.6 Å². The van der Waals surface area contributed by atoms with Crippen LogP contribution in [0, 0.1) is 0 Å². The zero-order valence-corrected chi connectivity index (χ0v) is 12.4. The average molecular weight is 269 g/mol. The van der Waals surface area contributed by atoms with E-state index in [4.69, 9.17) is 4.74 Å². The molecule has 0 aliphatic carbocycles. The quantitative estimate of drug-likeness (QED) is 0.598. The lowest BCUT2D eigenvalue weighted by Gasteiger charge is -2.16. The molecule has 0 bridgehead atoms. The monoisotopic (exact) mass is 269 g/mol. The maximum absolute atomic E-state index is 5.91. The summed E-state index contributed by atoms with van der Waals surface area (Å²) >= 11 is 0. The summed E-state index contributed by atoms with van der Waals surface area (Å²) in [5.41, 5.74) is 1.24. The van der Waals surface area contributed by atoms with E-state index in [0.717, 1.165) is 18.7 Å². The fourth-order valence-electron chi connectivity index (χ4n) is 2.19. The Hall–Kier alpha value is -1.80. The highest BCUT2D eigenvalue weighted by molar-refractivity contribution is 5.87. The number of hydrogen-bond acceptors (Lipinski definition) is 2. The van der Waals surface area contributed by atoms with Crippen LogP contribution >= 0.6 is 0 Å². The summed E-state index contributed by atoms with van der Waals surface area (Å²) in [7, 11) is 0. The second-order valence-corrected chi connectivity index (χ2v) is 5.22. The normalized spacial score (nSPS) is 10.9. The van der Waals surface area contributed by atoms with Crippen molar-refractivity contribution in [3.8, 4) is 5.75 Å². The number of benzene rings is 2. The fraction of sp³-hybridized carbons (Fsp3) is 0.333. The molecule has 2 rings (SSSR count). The predicted octanol–water partition coefficient (Wildman–Crippen LogP) is 4.29. The van der Waals surface area contributed by atoms with Gasteiger partial charge in [0.2, 0.25) is 0 Å². The maximum Gasteiger partial charge on any atom is 0.124 e. The van der Waals surface area contributed by atoms with Crippen molar-refractivity contribution in [1.29, 1.82) is 0 Å². The maximum atomic E-state index is 5.91. The molecule has 0 radical (unpaired) electrons. The van der Waals surface area contributed by atoms with Gasteiger partial charge in [-0.1, -0.05) is 50.3 Å². The summed E-state index contributed by atoms with van der Waals surface area (Å²) < 4.78 is 5.91. The Balaban J connectivity index is 2.33. The largest absolute Gasteiger partial charge is 0.493 e. The van der Waals surface area contributed by atoms with Crippen molar-refractivity contribution in [2.75, 3.05) is 6.61 Å². The van der Waals surface area contributed by atoms with E-state index >= 15 is 0 Å². The minimum atomic E-state index is 0.454. The number of nitrogens with one attached hydrogen (secondary N) is 1. The van der Waals surface area contributed by atoms with Crippen molar-refractivity contribution in [3.05, 3.63) is 54.6 Å². The fourth-order valence-corrected chi connectivity index (χ4v) is 2.19. The Morgan fingerprint density at radius 2 is 2.00 bits per heavy atom. The second-order valence-electron chi connectivity index (χ2n) is 5.22. The van der Waals surface area contributed by atoms with Gasteiger partial charge in [-0.15, -0.1) is 6.58 Å². The SMILES string of the molecule is C=CCCOc1ccc2ccccc2c1CNC(C)C. The molecular formula is C18H23NO. The zero-order chi connectivity index (χ0) is 14.4. The Kier molecular flexibility index (Phi) is 5.19. The Morgan fingerprint density at radius 1 is 1.20 bits per heavy atom. The van der Waals surface area contributed by atoms with Gasteiger partial charge in [-0.2, -0.15) is 0 Å². The van der Waals surface area contributed by atoms with E-state index in [-0.39, 0.29) is 0 Å². The molecule has 0 saturated carbocycles. The molecule has 0 unspecified atom stereocenters. The van der Waals surface area contributed by atoms with Crippen molar-refractivity contribution in [1.82, 2.24) is 5.32 Å². The van der Waals surface area contributed by atoms with Crippen molar-refractivity contribution >= 4 is 10.8 Å². The molecule has 2 aromatic rings. The van der Waals surface area contributed by atoms with E-state index in [1.807, 2.05) is 6.08 Å². The van der Waals surface area contributed by atoms with Gasteiger partial charge in [-0.05, 0) is 23.3 Å². The number of ether oxygens (including phenoxy) is 1. The summed E-state index contributed by atoms with van der Waals surface area (Å²) in [4.78, 5) is 0. The molecule has 0 amide bonds. The third-order valence-electron chi connectivity index (χ3n) is 3.26. The molecule has 0 atom stereocenters. The first kappa shape index (κ1) is 14.6. The molecule has 1 N–H and O–H groups in total. The van der Waals surface area contributed by atoms with Crippen molar-refractivity contribution < 1.29 is 4.74 Å². The van der Waals surface area contributed by atoms with Crippen LogP contribution in [0.2, 0.25) is 0 Å². The first-order chi connectivity index (χ1) is 9.72. The first-order valence-electron chi connectivity index (χ1n) is 7.20. The molecule has 0 fully saturated rings. The van der Waals surface area contributed by atoms with E-state index < -0.39 is 0 Å². The summed E-state index contributed by atoms with van der Waals surface area (Å²) in [6, 6.07) is 13.1. The molecule has 0 heterocycles. The van der Waals surface area contributed by atoms with Crippen LogP contribution in [0.3, 0.4) is 0 Å². The van der Waals surface area contributed by atoms with Gasteiger partial charge in [0.25, 0.3) is 0 Å².